The van der Waals surface area contributed by atoms with E-state index >= 15 is 0 Å². The van der Waals surface area contributed by atoms with Gasteiger partial charge < -0.3 is 15.4 Å². The molecule has 1 aromatic carbocycles. The number of nitrogens with two attached hydrogens (primary N) is 1. The van der Waals surface area contributed by atoms with Crippen LogP contribution in [0.5, 0.6) is 0 Å². The van der Waals surface area contributed by atoms with E-state index in [0.717, 1.165) is 18.8 Å². The van der Waals surface area contributed by atoms with Crippen LogP contribution in [0, 0.1) is 0 Å². The standard InChI is InChI=1S/C12H17ClN2O/c1-12(2)8-16-6-5-15(12)11-4-3-9(14)7-10(11)13/h3-4,7H,5-6,8,14H2,1-2H3. The van der Waals surface area contributed by atoms with Gasteiger partial charge in [0.25, 0.3) is 0 Å². The first-order valence-electron chi connectivity index (χ1n) is 5.41. The molecule has 1 aromatic rings. The van der Waals surface area contributed by atoms with E-state index in [2.05, 4.69) is 18.7 Å². The minimum atomic E-state index is -0.0298. The monoisotopic (exact) mass is 240 g/mol. The molecule has 1 aliphatic heterocycles. The first-order chi connectivity index (χ1) is 7.50. The van der Waals surface area contributed by atoms with Crippen LogP contribution in [0.4, 0.5) is 11.4 Å². The Labute approximate surface area is 101 Å². The Morgan fingerprint density at radius 1 is 1.44 bits per heavy atom. The van der Waals surface area contributed by atoms with E-state index in [1.165, 1.54) is 0 Å². The van der Waals surface area contributed by atoms with E-state index in [1.54, 1.807) is 6.07 Å². The molecule has 0 bridgehead atoms. The maximum Gasteiger partial charge on any atom is 0.0694 e. The molecule has 0 aromatic heterocycles. The van der Waals surface area contributed by atoms with Crippen molar-refractivity contribution in [2.45, 2.75) is 19.4 Å². The van der Waals surface area contributed by atoms with E-state index in [9.17, 15) is 0 Å². The molecule has 4 heteroatoms. The highest BCUT2D eigenvalue weighted by Crippen LogP contribution is 2.33. The van der Waals surface area contributed by atoms with E-state index in [1.807, 2.05) is 12.1 Å². The lowest BCUT2D eigenvalue weighted by Crippen LogP contribution is -2.53. The van der Waals surface area contributed by atoms with Gasteiger partial charge in [0.1, 0.15) is 0 Å². The molecule has 0 saturated carbocycles. The maximum atomic E-state index is 6.23. The summed E-state index contributed by atoms with van der Waals surface area (Å²) in [5.74, 6) is 0. The second-order valence-electron chi connectivity index (χ2n) is 4.73. The van der Waals surface area contributed by atoms with Crippen LogP contribution >= 0.6 is 11.6 Å². The predicted molar refractivity (Wildman–Crippen MR) is 68.1 cm³/mol. The van der Waals surface area contributed by atoms with Crippen LogP contribution < -0.4 is 10.6 Å². The van der Waals surface area contributed by atoms with Crippen LogP contribution in [-0.4, -0.2) is 25.3 Å². The molecule has 1 fully saturated rings. The molecule has 2 rings (SSSR count). The minimum absolute atomic E-state index is 0.0298. The molecule has 0 radical (unpaired) electrons. The average molecular weight is 241 g/mol. The second kappa shape index (κ2) is 4.15. The summed E-state index contributed by atoms with van der Waals surface area (Å²) in [5.41, 5.74) is 7.39. The highest BCUT2D eigenvalue weighted by atomic mass is 35.5. The first-order valence-corrected chi connectivity index (χ1v) is 5.79. The molecule has 0 atom stereocenters. The number of rotatable bonds is 1. The summed E-state index contributed by atoms with van der Waals surface area (Å²) in [5, 5.41) is 0.704. The zero-order valence-corrected chi connectivity index (χ0v) is 10.4. The molecule has 0 unspecified atom stereocenters. The van der Waals surface area contributed by atoms with E-state index < -0.39 is 0 Å². The number of nitrogen functional groups attached to an aromatic ring is 1. The zero-order valence-electron chi connectivity index (χ0n) is 9.66. The SMILES string of the molecule is CC1(C)COCCN1c1ccc(N)cc1Cl. The molecule has 1 saturated heterocycles. The summed E-state index contributed by atoms with van der Waals surface area (Å²) >= 11 is 6.23. The number of anilines is 2. The third kappa shape index (κ3) is 2.11. The van der Waals surface area contributed by atoms with Crippen molar-refractivity contribution >= 4 is 23.0 Å². The molecule has 2 N–H and O–H groups in total. The third-order valence-corrected chi connectivity index (χ3v) is 3.21. The van der Waals surface area contributed by atoms with E-state index in [0.29, 0.717) is 17.3 Å². The lowest BCUT2D eigenvalue weighted by atomic mass is 10.0. The highest BCUT2D eigenvalue weighted by Gasteiger charge is 2.31. The number of halogens is 1. The Hall–Kier alpha value is -0.930. The van der Waals surface area contributed by atoms with Gasteiger partial charge in [0.15, 0.2) is 0 Å². The van der Waals surface area contributed by atoms with Crippen LogP contribution in [0.1, 0.15) is 13.8 Å². The number of morpholine rings is 1. The topological polar surface area (TPSA) is 38.5 Å². The Morgan fingerprint density at radius 3 is 2.81 bits per heavy atom. The van der Waals surface area contributed by atoms with Gasteiger partial charge in [-0.1, -0.05) is 11.6 Å². The maximum absolute atomic E-state index is 6.23. The van der Waals surface area contributed by atoms with Crippen molar-refractivity contribution in [3.8, 4) is 0 Å². The van der Waals surface area contributed by atoms with Gasteiger partial charge in [0.2, 0.25) is 0 Å². The van der Waals surface area contributed by atoms with Crippen LogP contribution in [0.3, 0.4) is 0 Å². The molecular formula is C12H17ClN2O. The molecule has 0 aliphatic carbocycles. The van der Waals surface area contributed by atoms with Gasteiger partial charge in [-0.25, -0.2) is 0 Å². The van der Waals surface area contributed by atoms with Gasteiger partial charge in [0.05, 0.1) is 29.5 Å². The van der Waals surface area contributed by atoms with Crippen molar-refractivity contribution < 1.29 is 4.74 Å². The predicted octanol–water partition coefficient (Wildman–Crippen LogP) is 2.54. The average Bonchev–Trinajstić information content (AvgIpc) is 2.19. The van der Waals surface area contributed by atoms with Gasteiger partial charge in [-0.3, -0.25) is 0 Å². The van der Waals surface area contributed by atoms with Crippen LogP contribution in [-0.2, 0) is 4.74 Å². The fourth-order valence-corrected chi connectivity index (χ4v) is 2.34. The third-order valence-electron chi connectivity index (χ3n) is 2.91. The molecule has 0 spiro atoms. The normalized spacial score (nSPS) is 19.8. The van der Waals surface area contributed by atoms with E-state index in [-0.39, 0.29) is 5.54 Å². The Kier molecular flexibility index (Phi) is 3.00. The van der Waals surface area contributed by atoms with Gasteiger partial charge in [-0.15, -0.1) is 0 Å². The number of ether oxygens (including phenoxy) is 1. The summed E-state index contributed by atoms with van der Waals surface area (Å²) < 4.78 is 5.49. The fourth-order valence-electron chi connectivity index (χ4n) is 2.05. The number of hydrogen-bond donors (Lipinski definition) is 1. The smallest absolute Gasteiger partial charge is 0.0694 e. The second-order valence-corrected chi connectivity index (χ2v) is 5.13. The highest BCUT2D eigenvalue weighted by molar-refractivity contribution is 6.33. The molecule has 0 amide bonds. The van der Waals surface area contributed by atoms with E-state index in [4.69, 9.17) is 22.1 Å². The Bertz CT molecular complexity index is 393. The first kappa shape index (κ1) is 11.6. The van der Waals surface area contributed by atoms with Crippen molar-refractivity contribution in [1.29, 1.82) is 0 Å². The molecule has 1 heterocycles. The summed E-state index contributed by atoms with van der Waals surface area (Å²) in [6.45, 7) is 6.62. The van der Waals surface area contributed by atoms with Gasteiger partial charge >= 0.3 is 0 Å². The van der Waals surface area contributed by atoms with Crippen molar-refractivity contribution in [3.05, 3.63) is 23.2 Å². The Balaban J connectivity index is 2.35. The molecule has 88 valence electrons. The van der Waals surface area contributed by atoms with Crippen LogP contribution in [0.25, 0.3) is 0 Å². The number of hydrogen-bond acceptors (Lipinski definition) is 3. The fraction of sp³-hybridized carbons (Fsp3) is 0.500. The lowest BCUT2D eigenvalue weighted by Gasteiger charge is -2.44. The number of nitrogens with zero attached hydrogens (tertiary/aromatic N) is 1. The molecule has 16 heavy (non-hydrogen) atoms. The molecular weight excluding hydrogens is 224 g/mol. The van der Waals surface area contributed by atoms with Crippen LogP contribution in [0.2, 0.25) is 5.02 Å². The summed E-state index contributed by atoms with van der Waals surface area (Å²) in [6.07, 6.45) is 0. The largest absolute Gasteiger partial charge is 0.399 e. The summed E-state index contributed by atoms with van der Waals surface area (Å²) in [6, 6.07) is 5.65. The van der Waals surface area contributed by atoms with Crippen molar-refractivity contribution in [3.63, 3.8) is 0 Å². The molecule has 1 aliphatic rings. The summed E-state index contributed by atoms with van der Waals surface area (Å²) in [4.78, 5) is 2.28. The van der Waals surface area contributed by atoms with Crippen molar-refractivity contribution in [2.24, 2.45) is 0 Å². The minimum Gasteiger partial charge on any atom is -0.399 e. The van der Waals surface area contributed by atoms with Crippen molar-refractivity contribution in [2.75, 3.05) is 30.4 Å². The Morgan fingerprint density at radius 2 is 2.19 bits per heavy atom. The van der Waals surface area contributed by atoms with Crippen LogP contribution in [0.15, 0.2) is 18.2 Å². The lowest BCUT2D eigenvalue weighted by molar-refractivity contribution is 0.0644. The zero-order chi connectivity index (χ0) is 11.8. The summed E-state index contributed by atoms with van der Waals surface area (Å²) in [7, 11) is 0. The van der Waals surface area contributed by atoms with Crippen molar-refractivity contribution in [1.82, 2.24) is 0 Å². The number of benzene rings is 1. The van der Waals surface area contributed by atoms with Gasteiger partial charge in [-0.2, -0.15) is 0 Å². The van der Waals surface area contributed by atoms with Gasteiger partial charge in [0, 0.05) is 12.2 Å². The quantitative estimate of drug-likeness (QED) is 0.767. The molecule has 3 nitrogen and oxygen atoms in total. The van der Waals surface area contributed by atoms with Gasteiger partial charge in [-0.05, 0) is 32.0 Å².